The largest absolute Gasteiger partial charge is 0.480 e. The minimum atomic E-state index is -3.25. The van der Waals surface area contributed by atoms with Gasteiger partial charge in [-0.05, 0) is 24.6 Å². The second kappa shape index (κ2) is 6.51. The van der Waals surface area contributed by atoms with E-state index in [0.717, 1.165) is 0 Å². The first-order valence-corrected chi connectivity index (χ1v) is 7.75. The lowest BCUT2D eigenvalue weighted by atomic mass is 10.1. The van der Waals surface area contributed by atoms with Gasteiger partial charge in [-0.2, -0.15) is 0 Å². The van der Waals surface area contributed by atoms with Gasteiger partial charge in [-0.15, -0.1) is 0 Å². The minimum Gasteiger partial charge on any atom is -0.480 e. The predicted octanol–water partition coefficient (Wildman–Crippen LogP) is 0.612. The highest BCUT2D eigenvalue weighted by Crippen LogP contribution is 2.12. The number of carbonyl (C=O) groups is 2. The minimum absolute atomic E-state index is 0.00404. The van der Waals surface area contributed by atoms with E-state index in [0.29, 0.717) is 5.56 Å². The molecular formula is C13H17NO5S. The third-order valence-corrected chi connectivity index (χ3v) is 4.53. The summed E-state index contributed by atoms with van der Waals surface area (Å²) in [6, 6.07) is 5.04. The summed E-state index contributed by atoms with van der Waals surface area (Å²) in [6.07, 6.45) is 0.00404. The van der Waals surface area contributed by atoms with Crippen molar-refractivity contribution in [2.75, 3.05) is 5.75 Å². The van der Waals surface area contributed by atoms with E-state index in [1.165, 1.54) is 19.1 Å². The van der Waals surface area contributed by atoms with Gasteiger partial charge in [-0.1, -0.05) is 19.1 Å². The molecule has 1 aromatic rings. The lowest BCUT2D eigenvalue weighted by Crippen LogP contribution is -2.39. The molecule has 0 aliphatic heterocycles. The number of amides is 1. The van der Waals surface area contributed by atoms with Crippen molar-refractivity contribution in [2.45, 2.75) is 31.2 Å². The van der Waals surface area contributed by atoms with Crippen molar-refractivity contribution >= 4 is 21.7 Å². The number of nitrogens with one attached hydrogen (secondary N) is 1. The van der Waals surface area contributed by atoms with Gasteiger partial charge in [0.2, 0.25) is 5.91 Å². The lowest BCUT2D eigenvalue weighted by molar-refractivity contribution is -0.141. The Balaban J connectivity index is 2.71. The fourth-order valence-corrected chi connectivity index (χ4v) is 2.41. The molecule has 0 aliphatic rings. The van der Waals surface area contributed by atoms with Crippen LogP contribution in [0, 0.1) is 0 Å². The van der Waals surface area contributed by atoms with Crippen molar-refractivity contribution in [1.29, 1.82) is 0 Å². The Kier molecular flexibility index (Phi) is 5.26. The van der Waals surface area contributed by atoms with Crippen LogP contribution in [-0.4, -0.2) is 37.2 Å². The van der Waals surface area contributed by atoms with E-state index in [1.54, 1.807) is 19.1 Å². The number of benzene rings is 1. The van der Waals surface area contributed by atoms with E-state index in [1.807, 2.05) is 0 Å². The molecule has 0 fully saturated rings. The maximum atomic E-state index is 11.6. The fourth-order valence-electron chi connectivity index (χ4n) is 1.52. The molecule has 1 atom stereocenters. The second-order valence-electron chi connectivity index (χ2n) is 4.35. The zero-order chi connectivity index (χ0) is 15.3. The van der Waals surface area contributed by atoms with Crippen LogP contribution in [0.3, 0.4) is 0 Å². The molecule has 20 heavy (non-hydrogen) atoms. The Bertz CT molecular complexity index is 592. The standard InChI is InChI=1S/C13H17NO5S/c1-3-20(18,19)11-6-4-10(5-7-11)8-12(15)14-9(2)13(16)17/h4-7,9H,3,8H2,1-2H3,(H,14,15)(H,16,17)/t9-/m1/s1. The van der Waals surface area contributed by atoms with Crippen LogP contribution in [0.5, 0.6) is 0 Å². The zero-order valence-electron chi connectivity index (χ0n) is 11.3. The summed E-state index contributed by atoms with van der Waals surface area (Å²) in [5.74, 6) is -1.52. The van der Waals surface area contributed by atoms with Gasteiger partial charge in [0.15, 0.2) is 9.84 Å². The Labute approximate surface area is 117 Å². The molecule has 0 aromatic heterocycles. The topological polar surface area (TPSA) is 101 Å². The van der Waals surface area contributed by atoms with Gasteiger partial charge < -0.3 is 10.4 Å². The van der Waals surface area contributed by atoms with E-state index < -0.39 is 27.8 Å². The number of hydrogen-bond donors (Lipinski definition) is 2. The monoisotopic (exact) mass is 299 g/mol. The zero-order valence-corrected chi connectivity index (χ0v) is 12.1. The van der Waals surface area contributed by atoms with Crippen LogP contribution in [0.1, 0.15) is 19.4 Å². The van der Waals surface area contributed by atoms with Gasteiger partial charge >= 0.3 is 5.97 Å². The van der Waals surface area contributed by atoms with E-state index in [-0.39, 0.29) is 17.1 Å². The Hall–Kier alpha value is -1.89. The summed E-state index contributed by atoms with van der Waals surface area (Å²) in [7, 11) is -3.25. The summed E-state index contributed by atoms with van der Waals surface area (Å²) in [5, 5.41) is 11.0. The van der Waals surface area contributed by atoms with Gasteiger partial charge in [0.1, 0.15) is 6.04 Å². The summed E-state index contributed by atoms with van der Waals surface area (Å²) >= 11 is 0. The molecule has 0 aliphatic carbocycles. The molecule has 2 N–H and O–H groups in total. The lowest BCUT2D eigenvalue weighted by Gasteiger charge is -2.09. The first-order chi connectivity index (χ1) is 9.26. The Morgan fingerprint density at radius 1 is 1.25 bits per heavy atom. The van der Waals surface area contributed by atoms with E-state index >= 15 is 0 Å². The number of hydrogen-bond acceptors (Lipinski definition) is 4. The van der Waals surface area contributed by atoms with Crippen LogP contribution in [0.25, 0.3) is 0 Å². The van der Waals surface area contributed by atoms with E-state index in [2.05, 4.69) is 5.32 Å². The number of aliphatic carboxylic acids is 1. The SMILES string of the molecule is CCS(=O)(=O)c1ccc(CC(=O)N[C@H](C)C(=O)O)cc1. The van der Waals surface area contributed by atoms with Gasteiger partial charge in [0.05, 0.1) is 17.1 Å². The average Bonchev–Trinajstić information content (AvgIpc) is 2.39. The van der Waals surface area contributed by atoms with Gasteiger partial charge in [-0.3, -0.25) is 9.59 Å². The van der Waals surface area contributed by atoms with Crippen molar-refractivity contribution in [3.8, 4) is 0 Å². The summed E-state index contributed by atoms with van der Waals surface area (Å²) in [4.78, 5) is 22.4. The number of rotatable bonds is 6. The molecule has 1 rings (SSSR count). The third-order valence-electron chi connectivity index (χ3n) is 2.78. The van der Waals surface area contributed by atoms with E-state index in [4.69, 9.17) is 5.11 Å². The highest BCUT2D eigenvalue weighted by Gasteiger charge is 2.15. The molecule has 0 saturated heterocycles. The fraction of sp³-hybridized carbons (Fsp3) is 0.385. The van der Waals surface area contributed by atoms with Crippen molar-refractivity contribution in [3.63, 3.8) is 0 Å². The molecule has 1 amide bonds. The molecule has 0 saturated carbocycles. The van der Waals surface area contributed by atoms with Crippen LogP contribution in [0.15, 0.2) is 29.2 Å². The second-order valence-corrected chi connectivity index (χ2v) is 6.63. The Morgan fingerprint density at radius 3 is 2.25 bits per heavy atom. The molecule has 0 heterocycles. The predicted molar refractivity (Wildman–Crippen MR) is 73.1 cm³/mol. The third kappa shape index (κ3) is 4.34. The van der Waals surface area contributed by atoms with Crippen LogP contribution < -0.4 is 5.32 Å². The maximum absolute atomic E-state index is 11.6. The molecule has 110 valence electrons. The number of carboxylic acid groups (broad SMARTS) is 1. The number of carboxylic acids is 1. The van der Waals surface area contributed by atoms with Crippen LogP contribution in [-0.2, 0) is 25.8 Å². The molecule has 7 heteroatoms. The molecule has 6 nitrogen and oxygen atoms in total. The molecule has 0 bridgehead atoms. The first-order valence-electron chi connectivity index (χ1n) is 6.10. The summed E-state index contributed by atoms with van der Waals surface area (Å²) in [5.41, 5.74) is 0.621. The van der Waals surface area contributed by atoms with E-state index in [9.17, 15) is 18.0 Å². The van der Waals surface area contributed by atoms with Crippen molar-refractivity contribution in [3.05, 3.63) is 29.8 Å². The van der Waals surface area contributed by atoms with Crippen molar-refractivity contribution in [1.82, 2.24) is 5.32 Å². The highest BCUT2D eigenvalue weighted by atomic mass is 32.2. The van der Waals surface area contributed by atoms with Crippen molar-refractivity contribution in [2.24, 2.45) is 0 Å². The number of sulfone groups is 1. The van der Waals surface area contributed by atoms with Crippen molar-refractivity contribution < 1.29 is 23.1 Å². The van der Waals surface area contributed by atoms with Crippen LogP contribution >= 0.6 is 0 Å². The normalized spacial score (nSPS) is 12.7. The first kappa shape index (κ1) is 16.2. The Morgan fingerprint density at radius 2 is 1.80 bits per heavy atom. The maximum Gasteiger partial charge on any atom is 0.325 e. The quantitative estimate of drug-likeness (QED) is 0.801. The van der Waals surface area contributed by atoms with Gasteiger partial charge in [0, 0.05) is 0 Å². The molecule has 0 unspecified atom stereocenters. The molecule has 0 radical (unpaired) electrons. The van der Waals surface area contributed by atoms with Gasteiger partial charge in [-0.25, -0.2) is 8.42 Å². The summed E-state index contributed by atoms with van der Waals surface area (Å²) < 4.78 is 23.2. The molecule has 1 aromatic carbocycles. The highest BCUT2D eigenvalue weighted by molar-refractivity contribution is 7.91. The molecule has 0 spiro atoms. The summed E-state index contributed by atoms with van der Waals surface area (Å²) in [6.45, 7) is 2.93. The smallest absolute Gasteiger partial charge is 0.325 e. The number of carbonyl (C=O) groups excluding carboxylic acids is 1. The van der Waals surface area contributed by atoms with Gasteiger partial charge in [0.25, 0.3) is 0 Å². The van der Waals surface area contributed by atoms with Crippen LogP contribution in [0.4, 0.5) is 0 Å². The average molecular weight is 299 g/mol. The molecular weight excluding hydrogens is 282 g/mol. The van der Waals surface area contributed by atoms with Crippen LogP contribution in [0.2, 0.25) is 0 Å².